The maximum absolute atomic E-state index is 2.40. The van der Waals surface area contributed by atoms with Gasteiger partial charge in [0.2, 0.25) is 0 Å². The molecule has 0 unspecified atom stereocenters. The highest BCUT2D eigenvalue weighted by molar-refractivity contribution is 14.1. The van der Waals surface area contributed by atoms with Crippen LogP contribution in [-0.4, -0.2) is 0 Å². The van der Waals surface area contributed by atoms with Crippen molar-refractivity contribution in [2.75, 3.05) is 0 Å². The number of hydrogen-bond acceptors (Lipinski definition) is 0. The molecule has 0 aliphatic rings. The minimum atomic E-state index is 1.26. The minimum Gasteiger partial charge on any atom is -0.0616 e. The summed E-state index contributed by atoms with van der Waals surface area (Å²) in [6, 6.07) is 30.6. The van der Waals surface area contributed by atoms with Crippen LogP contribution < -0.4 is 0 Å². The third kappa shape index (κ3) is 2.96. The number of aryl methyl sites for hydroxylation is 1. The minimum absolute atomic E-state index is 1.26. The molecule has 0 N–H and O–H groups in total. The summed E-state index contributed by atoms with van der Waals surface area (Å²) in [4.78, 5) is 0. The first-order chi connectivity index (χ1) is 11.7. The van der Waals surface area contributed by atoms with Gasteiger partial charge in [0.25, 0.3) is 0 Å². The van der Waals surface area contributed by atoms with Gasteiger partial charge in [-0.25, -0.2) is 0 Å². The standard InChI is InChI=1S/C23H17I/c1-16-6-7-22(15-23(16)24)19-10-8-18(9-11-19)21-13-12-17-4-2-3-5-20(17)14-21/h2-15H,1H3. The Bertz CT molecular complexity index is 1010. The van der Waals surface area contributed by atoms with Gasteiger partial charge in [0.1, 0.15) is 0 Å². The average Bonchev–Trinajstić information content (AvgIpc) is 2.64. The van der Waals surface area contributed by atoms with Crippen LogP contribution in [0.4, 0.5) is 0 Å². The second kappa shape index (κ2) is 6.40. The Hall–Kier alpha value is -2.13. The highest BCUT2D eigenvalue weighted by Gasteiger charge is 2.03. The molecule has 0 aliphatic heterocycles. The van der Waals surface area contributed by atoms with Gasteiger partial charge in [0.15, 0.2) is 0 Å². The van der Waals surface area contributed by atoms with Crippen molar-refractivity contribution in [2.24, 2.45) is 0 Å². The quantitative estimate of drug-likeness (QED) is 0.304. The largest absolute Gasteiger partial charge is 0.0616 e. The number of hydrogen-bond donors (Lipinski definition) is 0. The first-order valence-electron chi connectivity index (χ1n) is 8.06. The Balaban J connectivity index is 1.70. The molecule has 0 spiro atoms. The molecule has 4 aromatic rings. The normalized spacial score (nSPS) is 10.9. The van der Waals surface area contributed by atoms with Crippen molar-refractivity contribution in [1.29, 1.82) is 0 Å². The molecule has 0 saturated carbocycles. The van der Waals surface area contributed by atoms with Gasteiger partial charge in [-0.3, -0.25) is 0 Å². The Labute approximate surface area is 156 Å². The maximum Gasteiger partial charge on any atom is 0.0165 e. The third-order valence-electron chi connectivity index (χ3n) is 4.47. The molecule has 0 saturated heterocycles. The SMILES string of the molecule is Cc1ccc(-c2ccc(-c3ccc4ccccc4c3)cc2)cc1I. The third-order valence-corrected chi connectivity index (χ3v) is 5.64. The van der Waals surface area contributed by atoms with Gasteiger partial charge in [-0.05, 0) is 80.2 Å². The average molecular weight is 420 g/mol. The fraction of sp³-hybridized carbons (Fsp3) is 0.0435. The van der Waals surface area contributed by atoms with Crippen LogP contribution in [0.5, 0.6) is 0 Å². The molecule has 0 radical (unpaired) electrons. The number of halogens is 1. The van der Waals surface area contributed by atoms with Crippen molar-refractivity contribution in [1.82, 2.24) is 0 Å². The number of fused-ring (bicyclic) bond motifs is 1. The molecule has 0 bridgehead atoms. The predicted molar refractivity (Wildman–Crippen MR) is 112 cm³/mol. The van der Waals surface area contributed by atoms with Gasteiger partial charge >= 0.3 is 0 Å². The molecule has 4 aromatic carbocycles. The summed E-state index contributed by atoms with van der Waals surface area (Å²) in [6.07, 6.45) is 0. The molecule has 1 heteroatoms. The highest BCUT2D eigenvalue weighted by Crippen LogP contribution is 2.28. The molecule has 4 rings (SSSR count). The molecule has 0 nitrogen and oxygen atoms in total. The van der Waals surface area contributed by atoms with Gasteiger partial charge in [0, 0.05) is 3.57 Å². The number of rotatable bonds is 2. The molecule has 0 amide bonds. The molecule has 0 heterocycles. The maximum atomic E-state index is 2.40. The van der Waals surface area contributed by atoms with Crippen molar-refractivity contribution in [2.45, 2.75) is 6.92 Å². The first kappa shape index (κ1) is 15.4. The lowest BCUT2D eigenvalue weighted by Crippen LogP contribution is -1.84. The van der Waals surface area contributed by atoms with Crippen LogP contribution in [0.2, 0.25) is 0 Å². The van der Waals surface area contributed by atoms with Crippen LogP contribution in [0.25, 0.3) is 33.0 Å². The molecule has 0 fully saturated rings. The van der Waals surface area contributed by atoms with Crippen molar-refractivity contribution in [3.05, 3.63) is 94.1 Å². The summed E-state index contributed by atoms with van der Waals surface area (Å²) < 4.78 is 1.31. The van der Waals surface area contributed by atoms with Gasteiger partial charge in [-0.15, -0.1) is 0 Å². The predicted octanol–water partition coefficient (Wildman–Crippen LogP) is 7.09. The van der Waals surface area contributed by atoms with E-state index in [9.17, 15) is 0 Å². The van der Waals surface area contributed by atoms with E-state index < -0.39 is 0 Å². The summed E-state index contributed by atoms with van der Waals surface area (Å²) in [6.45, 7) is 2.15. The molecule has 0 atom stereocenters. The van der Waals surface area contributed by atoms with Crippen molar-refractivity contribution in [3.8, 4) is 22.3 Å². The zero-order valence-electron chi connectivity index (χ0n) is 13.5. The van der Waals surface area contributed by atoms with E-state index in [0.29, 0.717) is 0 Å². The van der Waals surface area contributed by atoms with Gasteiger partial charge in [-0.2, -0.15) is 0 Å². The van der Waals surface area contributed by atoms with Gasteiger partial charge in [0.05, 0.1) is 0 Å². The molecule has 24 heavy (non-hydrogen) atoms. The Kier molecular flexibility index (Phi) is 4.11. The Morgan fingerprint density at radius 1 is 0.542 bits per heavy atom. The summed E-state index contributed by atoms with van der Waals surface area (Å²) >= 11 is 2.40. The lowest BCUT2D eigenvalue weighted by atomic mass is 9.98. The van der Waals surface area contributed by atoms with E-state index >= 15 is 0 Å². The number of benzene rings is 4. The molecular weight excluding hydrogens is 403 g/mol. The Morgan fingerprint density at radius 3 is 1.75 bits per heavy atom. The van der Waals surface area contributed by atoms with Crippen LogP contribution in [0.15, 0.2) is 84.9 Å². The van der Waals surface area contributed by atoms with Crippen LogP contribution in [-0.2, 0) is 0 Å². The van der Waals surface area contributed by atoms with Crippen LogP contribution >= 0.6 is 22.6 Å². The van der Waals surface area contributed by atoms with E-state index in [2.05, 4.69) is 114 Å². The van der Waals surface area contributed by atoms with E-state index in [1.165, 1.54) is 42.2 Å². The Morgan fingerprint density at radius 2 is 1.08 bits per heavy atom. The zero-order chi connectivity index (χ0) is 16.5. The molecular formula is C23H17I. The lowest BCUT2D eigenvalue weighted by Gasteiger charge is -2.08. The topological polar surface area (TPSA) is 0 Å². The van der Waals surface area contributed by atoms with E-state index in [-0.39, 0.29) is 0 Å². The fourth-order valence-electron chi connectivity index (χ4n) is 3.00. The van der Waals surface area contributed by atoms with E-state index in [4.69, 9.17) is 0 Å². The van der Waals surface area contributed by atoms with Crippen LogP contribution in [0, 0.1) is 10.5 Å². The monoisotopic (exact) mass is 420 g/mol. The van der Waals surface area contributed by atoms with E-state index in [0.717, 1.165) is 0 Å². The second-order valence-electron chi connectivity index (χ2n) is 6.10. The van der Waals surface area contributed by atoms with Gasteiger partial charge < -0.3 is 0 Å². The molecule has 116 valence electrons. The van der Waals surface area contributed by atoms with E-state index in [1.54, 1.807) is 0 Å². The first-order valence-corrected chi connectivity index (χ1v) is 9.14. The smallest absolute Gasteiger partial charge is 0.0165 e. The fourth-order valence-corrected chi connectivity index (χ4v) is 3.51. The highest BCUT2D eigenvalue weighted by atomic mass is 127. The van der Waals surface area contributed by atoms with Crippen molar-refractivity contribution >= 4 is 33.4 Å². The van der Waals surface area contributed by atoms with E-state index in [1.807, 2.05) is 0 Å². The van der Waals surface area contributed by atoms with Crippen LogP contribution in [0.3, 0.4) is 0 Å². The molecule has 0 aromatic heterocycles. The summed E-state index contributed by atoms with van der Waals surface area (Å²) in [7, 11) is 0. The molecule has 0 aliphatic carbocycles. The summed E-state index contributed by atoms with van der Waals surface area (Å²) in [5, 5.41) is 2.57. The van der Waals surface area contributed by atoms with Crippen LogP contribution in [0.1, 0.15) is 5.56 Å². The lowest BCUT2D eigenvalue weighted by molar-refractivity contribution is 1.42. The second-order valence-corrected chi connectivity index (χ2v) is 7.27. The van der Waals surface area contributed by atoms with Crippen molar-refractivity contribution < 1.29 is 0 Å². The summed E-state index contributed by atoms with van der Waals surface area (Å²) in [5.41, 5.74) is 6.38. The van der Waals surface area contributed by atoms with Crippen molar-refractivity contribution in [3.63, 3.8) is 0 Å². The summed E-state index contributed by atoms with van der Waals surface area (Å²) in [5.74, 6) is 0. The zero-order valence-corrected chi connectivity index (χ0v) is 15.6. The van der Waals surface area contributed by atoms with Gasteiger partial charge in [-0.1, -0.05) is 72.8 Å².